The highest BCUT2D eigenvalue weighted by molar-refractivity contribution is 6.31. The van der Waals surface area contributed by atoms with Crippen LogP contribution < -0.4 is 21.7 Å². The SMILES string of the molecule is C.Nc1ccc(Cl)cc1.O=C1NCCc2[nH]c(-c3cccc4ccc(Cl)nc34)cc21.O=C1NCCc2[nH]c(-c3cccc4ccc(Nc5ccc(Cl)cc5)nc34)cc21. The highest BCUT2D eigenvalue weighted by Gasteiger charge is 2.22. The number of nitrogens with two attached hydrogens (primary N) is 1. The molecule has 0 saturated heterocycles. The van der Waals surface area contributed by atoms with Crippen LogP contribution in [0.25, 0.3) is 44.3 Å². The number of rotatable bonds is 4. The van der Waals surface area contributed by atoms with Crippen molar-refractivity contribution in [2.75, 3.05) is 24.1 Å². The molecule has 8 aromatic rings. The zero-order valence-electron chi connectivity index (χ0n) is 30.3. The molecule has 10 rings (SSSR count). The number of benzene rings is 4. The second-order valence-corrected chi connectivity index (χ2v) is 14.7. The number of halogens is 3. The van der Waals surface area contributed by atoms with Crippen LogP contribution in [-0.4, -0.2) is 44.8 Å². The van der Waals surface area contributed by atoms with Crippen molar-refractivity contribution in [2.45, 2.75) is 20.3 Å². The number of para-hydroxylation sites is 2. The second kappa shape index (κ2) is 17.4. The van der Waals surface area contributed by atoms with Gasteiger partial charge in [-0.1, -0.05) is 78.6 Å². The van der Waals surface area contributed by atoms with E-state index in [9.17, 15) is 9.59 Å². The fourth-order valence-electron chi connectivity index (χ4n) is 6.80. The van der Waals surface area contributed by atoms with Crippen molar-refractivity contribution in [1.82, 2.24) is 30.6 Å². The summed E-state index contributed by atoms with van der Waals surface area (Å²) in [5.74, 6) is 0.698. The predicted octanol–water partition coefficient (Wildman–Crippen LogP) is 10.6. The first-order valence-electron chi connectivity index (χ1n) is 18.2. The van der Waals surface area contributed by atoms with Crippen molar-refractivity contribution >= 4 is 85.6 Å². The number of H-pyrrole nitrogens is 2. The van der Waals surface area contributed by atoms with Gasteiger partial charge in [0.15, 0.2) is 0 Å². The number of amides is 2. The molecular weight excluding hydrogens is 791 g/mol. The normalized spacial score (nSPS) is 12.7. The number of pyridine rings is 2. The molecule has 2 aliphatic heterocycles. The van der Waals surface area contributed by atoms with Gasteiger partial charge in [-0.05, 0) is 84.9 Å². The molecule has 0 bridgehead atoms. The summed E-state index contributed by atoms with van der Waals surface area (Å²) in [6, 6.07) is 38.1. The standard InChI is InChI=1S/C22H17ClN4O.C16H12ClN3O.C6H6ClN.CH4/c23-14-5-7-15(8-6-14)25-20-9-4-13-2-1-3-16(21(13)27-20)19-12-17-18(26-19)10-11-24-22(17)28;17-14-5-4-9-2-1-3-10(15(9)20-14)13-8-11-12(19-13)6-7-18-16(11)21;7-5-1-3-6(8)4-2-5;/h1-9,12,26H,10-11H2,(H,24,28)(H,25,27);1-5,8,19H,6-7H2,(H,18,21);1-4H,8H2;1H4. The molecular formula is C45H39Cl3N8O2. The van der Waals surface area contributed by atoms with Gasteiger partial charge in [0, 0.05) is 92.0 Å². The molecule has 292 valence electrons. The van der Waals surface area contributed by atoms with Gasteiger partial charge in [-0.2, -0.15) is 0 Å². The Kier molecular flexibility index (Phi) is 12.0. The van der Waals surface area contributed by atoms with Gasteiger partial charge in [0.25, 0.3) is 11.8 Å². The first-order chi connectivity index (χ1) is 27.7. The summed E-state index contributed by atoms with van der Waals surface area (Å²) in [6.07, 6.45) is 1.63. The molecule has 0 atom stereocenters. The molecule has 0 fully saturated rings. The van der Waals surface area contributed by atoms with Crippen LogP contribution in [0.5, 0.6) is 0 Å². The lowest BCUT2D eigenvalue weighted by Crippen LogP contribution is -2.31. The average molecular weight is 830 g/mol. The molecule has 0 radical (unpaired) electrons. The third kappa shape index (κ3) is 8.79. The summed E-state index contributed by atoms with van der Waals surface area (Å²) < 4.78 is 0. The highest BCUT2D eigenvalue weighted by Crippen LogP contribution is 2.32. The summed E-state index contributed by atoms with van der Waals surface area (Å²) in [7, 11) is 0. The van der Waals surface area contributed by atoms with Crippen LogP contribution in [0.4, 0.5) is 17.2 Å². The molecule has 0 spiro atoms. The van der Waals surface area contributed by atoms with Crippen LogP contribution >= 0.6 is 34.8 Å². The van der Waals surface area contributed by atoms with Crippen molar-refractivity contribution in [3.8, 4) is 22.5 Å². The Labute approximate surface area is 350 Å². The van der Waals surface area contributed by atoms with Gasteiger partial charge in [-0.3, -0.25) is 9.59 Å². The number of carbonyl (C=O) groups excluding carboxylic acids is 2. The van der Waals surface area contributed by atoms with Crippen LogP contribution in [-0.2, 0) is 12.8 Å². The molecule has 10 nitrogen and oxygen atoms in total. The zero-order chi connectivity index (χ0) is 39.5. The van der Waals surface area contributed by atoms with Crippen molar-refractivity contribution in [3.05, 3.63) is 159 Å². The molecule has 2 amide bonds. The van der Waals surface area contributed by atoms with Gasteiger partial charge in [-0.15, -0.1) is 0 Å². The van der Waals surface area contributed by atoms with Crippen LogP contribution in [0, 0.1) is 0 Å². The monoisotopic (exact) mass is 828 g/mol. The highest BCUT2D eigenvalue weighted by atomic mass is 35.5. The Morgan fingerprint density at radius 3 is 1.59 bits per heavy atom. The molecule has 7 N–H and O–H groups in total. The van der Waals surface area contributed by atoms with Gasteiger partial charge < -0.3 is 31.7 Å². The summed E-state index contributed by atoms with van der Waals surface area (Å²) in [5.41, 5.74) is 15.9. The molecule has 4 aromatic carbocycles. The van der Waals surface area contributed by atoms with E-state index < -0.39 is 0 Å². The van der Waals surface area contributed by atoms with Gasteiger partial charge in [0.2, 0.25) is 0 Å². The van der Waals surface area contributed by atoms with E-state index in [2.05, 4.69) is 30.9 Å². The summed E-state index contributed by atoms with van der Waals surface area (Å²) >= 11 is 17.5. The second-order valence-electron chi connectivity index (χ2n) is 13.4. The van der Waals surface area contributed by atoms with E-state index in [0.717, 1.165) is 96.3 Å². The van der Waals surface area contributed by atoms with E-state index in [1.165, 1.54) is 0 Å². The van der Waals surface area contributed by atoms with Crippen LogP contribution in [0.15, 0.2) is 121 Å². The number of aromatic nitrogens is 4. The third-order valence-corrected chi connectivity index (χ3v) is 10.3. The lowest BCUT2D eigenvalue weighted by molar-refractivity contribution is 0.0937. The number of hydrogen-bond acceptors (Lipinski definition) is 6. The third-order valence-electron chi connectivity index (χ3n) is 9.58. The Balaban J connectivity index is 0.000000150. The van der Waals surface area contributed by atoms with Crippen LogP contribution in [0.1, 0.15) is 39.5 Å². The van der Waals surface area contributed by atoms with Crippen molar-refractivity contribution in [3.63, 3.8) is 0 Å². The first-order valence-corrected chi connectivity index (χ1v) is 19.3. The zero-order valence-corrected chi connectivity index (χ0v) is 32.6. The number of anilines is 3. The molecule has 0 unspecified atom stereocenters. The number of nitrogen functional groups attached to an aromatic ring is 1. The summed E-state index contributed by atoms with van der Waals surface area (Å²) in [6.45, 7) is 1.33. The molecule has 4 aromatic heterocycles. The van der Waals surface area contributed by atoms with Crippen molar-refractivity contribution < 1.29 is 9.59 Å². The van der Waals surface area contributed by atoms with E-state index in [1.54, 1.807) is 30.3 Å². The fourth-order valence-corrected chi connectivity index (χ4v) is 7.20. The van der Waals surface area contributed by atoms with Gasteiger partial charge in [-0.25, -0.2) is 9.97 Å². The fraction of sp³-hybridized carbons (Fsp3) is 0.111. The number of nitrogens with one attached hydrogen (secondary N) is 5. The van der Waals surface area contributed by atoms with E-state index in [4.69, 9.17) is 45.5 Å². The number of fused-ring (bicyclic) bond motifs is 4. The molecule has 0 saturated carbocycles. The van der Waals surface area contributed by atoms with Gasteiger partial charge >= 0.3 is 0 Å². The van der Waals surface area contributed by atoms with Crippen molar-refractivity contribution in [1.29, 1.82) is 0 Å². The number of nitrogens with zero attached hydrogens (tertiary/aromatic N) is 2. The maximum atomic E-state index is 12.1. The molecule has 0 aliphatic carbocycles. The quantitative estimate of drug-likeness (QED) is 0.0767. The minimum absolute atomic E-state index is 0. The summed E-state index contributed by atoms with van der Waals surface area (Å²) in [5, 5.41) is 13.0. The smallest absolute Gasteiger partial charge is 0.253 e. The maximum Gasteiger partial charge on any atom is 0.253 e. The minimum Gasteiger partial charge on any atom is -0.399 e. The maximum absolute atomic E-state index is 12.1. The van der Waals surface area contributed by atoms with Gasteiger partial charge in [0.05, 0.1) is 22.2 Å². The predicted molar refractivity (Wildman–Crippen MR) is 237 cm³/mol. The Morgan fingerprint density at radius 2 is 1.07 bits per heavy atom. The van der Waals surface area contributed by atoms with Crippen molar-refractivity contribution in [2.24, 2.45) is 0 Å². The van der Waals surface area contributed by atoms with E-state index in [0.29, 0.717) is 28.8 Å². The van der Waals surface area contributed by atoms with E-state index >= 15 is 0 Å². The molecule has 6 heterocycles. The molecule has 58 heavy (non-hydrogen) atoms. The number of aromatic amines is 2. The summed E-state index contributed by atoms with van der Waals surface area (Å²) in [4.78, 5) is 40.0. The first kappa shape index (κ1) is 39.9. The van der Waals surface area contributed by atoms with Crippen LogP contribution in [0.2, 0.25) is 15.2 Å². The number of carbonyl (C=O) groups is 2. The average Bonchev–Trinajstić information content (AvgIpc) is 3.87. The lowest BCUT2D eigenvalue weighted by atomic mass is 10.1. The minimum atomic E-state index is -0.0259. The Hall–Kier alpha value is -6.33. The van der Waals surface area contributed by atoms with Gasteiger partial charge in [0.1, 0.15) is 11.0 Å². The number of hydrogen-bond donors (Lipinski definition) is 6. The van der Waals surface area contributed by atoms with E-state index in [1.807, 2.05) is 91.0 Å². The largest absolute Gasteiger partial charge is 0.399 e. The molecule has 2 aliphatic rings. The van der Waals surface area contributed by atoms with E-state index in [-0.39, 0.29) is 19.2 Å². The molecule has 13 heteroatoms. The Bertz CT molecular complexity index is 2740. The lowest BCUT2D eigenvalue weighted by Gasteiger charge is -2.11. The van der Waals surface area contributed by atoms with Crippen LogP contribution in [0.3, 0.4) is 0 Å². The Morgan fingerprint density at radius 1 is 0.569 bits per heavy atom. The topological polar surface area (TPSA) is 154 Å².